The molecule has 0 radical (unpaired) electrons. The molecule has 1 aromatic carbocycles. The normalized spacial score (nSPS) is 12.2. The summed E-state index contributed by atoms with van der Waals surface area (Å²) < 4.78 is 18.6. The molecule has 0 bridgehead atoms. The van der Waals surface area contributed by atoms with Crippen LogP contribution >= 0.6 is 0 Å². The van der Waals surface area contributed by atoms with E-state index in [9.17, 15) is 4.39 Å². The highest BCUT2D eigenvalue weighted by molar-refractivity contribution is 5.34. The van der Waals surface area contributed by atoms with Crippen LogP contribution in [0.25, 0.3) is 0 Å². The van der Waals surface area contributed by atoms with Crippen molar-refractivity contribution < 1.29 is 9.13 Å². The van der Waals surface area contributed by atoms with Crippen LogP contribution in [-0.4, -0.2) is 12.6 Å². The Balaban J connectivity index is 2.84. The monoisotopic (exact) mass is 223 g/mol. The van der Waals surface area contributed by atoms with Gasteiger partial charge in [0, 0.05) is 6.04 Å². The quantitative estimate of drug-likeness (QED) is 0.752. The minimum Gasteiger partial charge on any atom is -0.489 e. The van der Waals surface area contributed by atoms with E-state index in [0.717, 1.165) is 12.0 Å². The standard InChI is InChI=1S/C13H18FNO/c1-3-7-16-13-6-5-11(14)8-10(13)9-12(15)4-2/h3,5-6,8,12H,1,4,7,9,15H2,2H3. The molecule has 16 heavy (non-hydrogen) atoms. The second-order valence-corrected chi connectivity index (χ2v) is 3.72. The van der Waals surface area contributed by atoms with Gasteiger partial charge in [0.2, 0.25) is 0 Å². The van der Waals surface area contributed by atoms with Crippen LogP contribution < -0.4 is 10.5 Å². The van der Waals surface area contributed by atoms with Crippen molar-refractivity contribution >= 4 is 0 Å². The van der Waals surface area contributed by atoms with Gasteiger partial charge < -0.3 is 10.5 Å². The van der Waals surface area contributed by atoms with Gasteiger partial charge in [-0.3, -0.25) is 0 Å². The van der Waals surface area contributed by atoms with Crippen molar-refractivity contribution in [2.24, 2.45) is 5.73 Å². The van der Waals surface area contributed by atoms with E-state index in [0.29, 0.717) is 18.8 Å². The molecule has 2 N–H and O–H groups in total. The Hall–Kier alpha value is -1.35. The van der Waals surface area contributed by atoms with E-state index < -0.39 is 0 Å². The summed E-state index contributed by atoms with van der Waals surface area (Å²) in [5, 5.41) is 0. The number of ether oxygens (including phenoxy) is 1. The summed E-state index contributed by atoms with van der Waals surface area (Å²) in [7, 11) is 0. The fourth-order valence-corrected chi connectivity index (χ4v) is 1.42. The largest absolute Gasteiger partial charge is 0.489 e. The third-order valence-corrected chi connectivity index (χ3v) is 2.39. The topological polar surface area (TPSA) is 35.2 Å². The van der Waals surface area contributed by atoms with Gasteiger partial charge in [-0.25, -0.2) is 4.39 Å². The Morgan fingerprint density at radius 1 is 1.56 bits per heavy atom. The zero-order valence-electron chi connectivity index (χ0n) is 9.58. The highest BCUT2D eigenvalue weighted by Crippen LogP contribution is 2.21. The van der Waals surface area contributed by atoms with Crippen LogP contribution in [0.5, 0.6) is 5.75 Å². The maximum Gasteiger partial charge on any atom is 0.123 e. The first kappa shape index (κ1) is 12.7. The van der Waals surface area contributed by atoms with Gasteiger partial charge in [0.05, 0.1) is 0 Å². The van der Waals surface area contributed by atoms with Crippen LogP contribution in [0.3, 0.4) is 0 Å². The molecule has 1 atom stereocenters. The van der Waals surface area contributed by atoms with Gasteiger partial charge in [0.25, 0.3) is 0 Å². The van der Waals surface area contributed by atoms with E-state index in [1.54, 1.807) is 12.1 Å². The Kier molecular flexibility index (Phi) is 4.99. The molecule has 2 nitrogen and oxygen atoms in total. The van der Waals surface area contributed by atoms with E-state index in [1.165, 1.54) is 12.1 Å². The molecule has 0 heterocycles. The van der Waals surface area contributed by atoms with E-state index in [1.807, 2.05) is 6.92 Å². The fourth-order valence-electron chi connectivity index (χ4n) is 1.42. The van der Waals surface area contributed by atoms with E-state index >= 15 is 0 Å². The number of hydrogen-bond donors (Lipinski definition) is 1. The van der Waals surface area contributed by atoms with E-state index in [2.05, 4.69) is 6.58 Å². The fraction of sp³-hybridized carbons (Fsp3) is 0.385. The van der Waals surface area contributed by atoms with Crippen LogP contribution in [0.2, 0.25) is 0 Å². The van der Waals surface area contributed by atoms with Crippen molar-refractivity contribution in [2.75, 3.05) is 6.61 Å². The molecule has 1 rings (SSSR count). The molecule has 0 saturated heterocycles. The van der Waals surface area contributed by atoms with Gasteiger partial charge in [0.15, 0.2) is 0 Å². The van der Waals surface area contributed by atoms with Gasteiger partial charge >= 0.3 is 0 Å². The SMILES string of the molecule is C=CCOc1ccc(F)cc1CC(N)CC. The highest BCUT2D eigenvalue weighted by Gasteiger charge is 2.08. The van der Waals surface area contributed by atoms with E-state index in [-0.39, 0.29) is 11.9 Å². The van der Waals surface area contributed by atoms with Crippen molar-refractivity contribution in [3.05, 3.63) is 42.2 Å². The van der Waals surface area contributed by atoms with Crippen molar-refractivity contribution in [1.82, 2.24) is 0 Å². The van der Waals surface area contributed by atoms with Crippen molar-refractivity contribution in [3.63, 3.8) is 0 Å². The van der Waals surface area contributed by atoms with Crippen LogP contribution in [0, 0.1) is 5.82 Å². The predicted octanol–water partition coefficient (Wildman–Crippen LogP) is 2.67. The van der Waals surface area contributed by atoms with Gasteiger partial charge in [-0.05, 0) is 36.6 Å². The predicted molar refractivity (Wildman–Crippen MR) is 64.1 cm³/mol. The number of nitrogens with two attached hydrogens (primary N) is 1. The summed E-state index contributed by atoms with van der Waals surface area (Å²) in [4.78, 5) is 0. The molecule has 88 valence electrons. The van der Waals surface area contributed by atoms with Gasteiger partial charge in [-0.1, -0.05) is 19.6 Å². The van der Waals surface area contributed by atoms with Gasteiger partial charge in [-0.2, -0.15) is 0 Å². The molecule has 3 heteroatoms. The third kappa shape index (κ3) is 3.66. The Bertz CT molecular complexity index is 352. The lowest BCUT2D eigenvalue weighted by molar-refractivity contribution is 0.357. The molecular formula is C13H18FNO. The lowest BCUT2D eigenvalue weighted by atomic mass is 10.0. The second-order valence-electron chi connectivity index (χ2n) is 3.72. The summed E-state index contributed by atoms with van der Waals surface area (Å²) in [5.74, 6) is 0.425. The summed E-state index contributed by atoms with van der Waals surface area (Å²) in [6.07, 6.45) is 3.14. The third-order valence-electron chi connectivity index (χ3n) is 2.39. The molecule has 0 aliphatic carbocycles. The highest BCUT2D eigenvalue weighted by atomic mass is 19.1. The Labute approximate surface area is 95.9 Å². The maximum atomic E-state index is 13.1. The molecule has 1 aromatic rings. The first-order valence-electron chi connectivity index (χ1n) is 5.45. The van der Waals surface area contributed by atoms with Crippen molar-refractivity contribution in [2.45, 2.75) is 25.8 Å². The maximum absolute atomic E-state index is 13.1. The summed E-state index contributed by atoms with van der Waals surface area (Å²) >= 11 is 0. The Morgan fingerprint density at radius 3 is 2.94 bits per heavy atom. The number of hydrogen-bond acceptors (Lipinski definition) is 2. The van der Waals surface area contributed by atoms with Crippen molar-refractivity contribution in [3.8, 4) is 5.75 Å². The first-order chi connectivity index (χ1) is 7.67. The molecule has 0 aromatic heterocycles. The minimum atomic E-state index is -0.260. The number of rotatable bonds is 6. The smallest absolute Gasteiger partial charge is 0.123 e. The average Bonchev–Trinajstić information content (AvgIpc) is 2.28. The van der Waals surface area contributed by atoms with Crippen molar-refractivity contribution in [1.29, 1.82) is 0 Å². The summed E-state index contributed by atoms with van der Waals surface area (Å²) in [5.41, 5.74) is 6.67. The zero-order valence-corrected chi connectivity index (χ0v) is 9.58. The van der Waals surface area contributed by atoms with Crippen LogP contribution in [0.4, 0.5) is 4.39 Å². The lowest BCUT2D eigenvalue weighted by Crippen LogP contribution is -2.21. The summed E-state index contributed by atoms with van der Waals surface area (Å²) in [6.45, 7) is 6.00. The van der Waals surface area contributed by atoms with Crippen LogP contribution in [0.15, 0.2) is 30.9 Å². The van der Waals surface area contributed by atoms with Gasteiger partial charge in [0.1, 0.15) is 18.2 Å². The molecule has 1 unspecified atom stereocenters. The minimum absolute atomic E-state index is 0.0351. The number of benzene rings is 1. The molecular weight excluding hydrogens is 205 g/mol. The molecule has 0 spiro atoms. The number of halogens is 1. The van der Waals surface area contributed by atoms with Crippen LogP contribution in [0.1, 0.15) is 18.9 Å². The zero-order chi connectivity index (χ0) is 12.0. The molecule has 0 fully saturated rings. The van der Waals surface area contributed by atoms with Crippen LogP contribution in [-0.2, 0) is 6.42 Å². The molecule has 0 saturated carbocycles. The first-order valence-corrected chi connectivity index (χ1v) is 5.45. The molecule has 0 aliphatic rings. The van der Waals surface area contributed by atoms with E-state index in [4.69, 9.17) is 10.5 Å². The summed E-state index contributed by atoms with van der Waals surface area (Å²) in [6, 6.07) is 4.54. The molecule has 0 aliphatic heterocycles. The second kappa shape index (κ2) is 6.28. The molecule has 0 amide bonds. The average molecular weight is 223 g/mol. The lowest BCUT2D eigenvalue weighted by Gasteiger charge is -2.13. The van der Waals surface area contributed by atoms with Gasteiger partial charge in [-0.15, -0.1) is 0 Å². The Morgan fingerprint density at radius 2 is 2.31 bits per heavy atom.